The van der Waals surface area contributed by atoms with Gasteiger partial charge in [-0.15, -0.1) is 0 Å². The van der Waals surface area contributed by atoms with E-state index in [1.54, 1.807) is 24.3 Å². The molecule has 1 spiro atoms. The zero-order valence-corrected chi connectivity index (χ0v) is 16.9. The van der Waals surface area contributed by atoms with Gasteiger partial charge in [0, 0.05) is 31.5 Å². The van der Waals surface area contributed by atoms with Gasteiger partial charge in [0.25, 0.3) is 5.91 Å². The fourth-order valence-electron chi connectivity index (χ4n) is 4.00. The van der Waals surface area contributed by atoms with Crippen LogP contribution in [-0.2, 0) is 0 Å². The number of amides is 1. The number of rotatable bonds is 3. The topological polar surface area (TPSA) is 35.9 Å². The van der Waals surface area contributed by atoms with E-state index in [1.807, 2.05) is 0 Å². The van der Waals surface area contributed by atoms with E-state index in [0.717, 1.165) is 19.6 Å². The van der Waals surface area contributed by atoms with Crippen molar-refractivity contribution in [1.82, 2.24) is 9.80 Å². The highest BCUT2D eigenvalue weighted by Gasteiger charge is 2.50. The Labute approximate surface area is 173 Å². The first-order valence-electron chi connectivity index (χ1n) is 9.67. The molecule has 2 aliphatic heterocycles. The van der Waals surface area contributed by atoms with E-state index in [0.29, 0.717) is 24.1 Å². The van der Waals surface area contributed by atoms with Gasteiger partial charge in [-0.3, -0.25) is 14.7 Å². The summed E-state index contributed by atoms with van der Waals surface area (Å²) in [5, 5.41) is 0. The van der Waals surface area contributed by atoms with Gasteiger partial charge < -0.3 is 4.90 Å². The second-order valence-electron chi connectivity index (χ2n) is 7.31. The number of likely N-dealkylation sites (tertiary alicyclic amines) is 1. The summed E-state index contributed by atoms with van der Waals surface area (Å²) in [6, 6.07) is 11.8. The summed E-state index contributed by atoms with van der Waals surface area (Å²) in [6.45, 7) is 4.53. The highest BCUT2D eigenvalue weighted by molar-refractivity contribution is 7.82. The molecule has 7 heteroatoms. The number of thiocarbonyl (C=S) groups is 1. The van der Waals surface area contributed by atoms with Crippen molar-refractivity contribution in [3.8, 4) is 0 Å². The van der Waals surface area contributed by atoms with Gasteiger partial charge in [-0.1, -0.05) is 31.3 Å². The van der Waals surface area contributed by atoms with E-state index in [4.69, 9.17) is 17.2 Å². The van der Waals surface area contributed by atoms with Crippen molar-refractivity contribution in [2.75, 3.05) is 19.6 Å². The van der Waals surface area contributed by atoms with Gasteiger partial charge in [-0.2, -0.15) is 0 Å². The zero-order valence-electron chi connectivity index (χ0n) is 16.1. The first kappa shape index (κ1) is 19.8. The Hall–Kier alpha value is -2.51. The van der Waals surface area contributed by atoms with E-state index in [9.17, 15) is 13.6 Å². The first-order valence-corrected chi connectivity index (χ1v) is 10.1. The molecule has 2 aliphatic rings. The Morgan fingerprint density at radius 3 is 2.38 bits per heavy atom. The molecule has 0 aliphatic carbocycles. The summed E-state index contributed by atoms with van der Waals surface area (Å²) < 4.78 is 27.8. The minimum absolute atomic E-state index is 0.0253. The fraction of sp³-hybridized carbons (Fsp3) is 0.318. The van der Waals surface area contributed by atoms with Crippen LogP contribution < -0.4 is 0 Å². The summed E-state index contributed by atoms with van der Waals surface area (Å²) in [6.07, 6.45) is 1.21. The molecule has 0 radical (unpaired) electrons. The number of nitrogens with zero attached hydrogens (tertiary/aromatic N) is 3. The number of carbonyl (C=O) groups excluding carboxylic acids is 1. The van der Waals surface area contributed by atoms with Crippen LogP contribution in [0.25, 0.3) is 0 Å². The third kappa shape index (κ3) is 3.49. The summed E-state index contributed by atoms with van der Waals surface area (Å²) >= 11 is 5.65. The number of carbonyl (C=O) groups is 1. The molecule has 0 atom stereocenters. The quantitative estimate of drug-likeness (QED) is 0.713. The fourth-order valence-corrected chi connectivity index (χ4v) is 4.41. The molecule has 2 aromatic carbocycles. The van der Waals surface area contributed by atoms with Gasteiger partial charge in [0.15, 0.2) is 0 Å². The van der Waals surface area contributed by atoms with E-state index < -0.39 is 17.4 Å². The van der Waals surface area contributed by atoms with Crippen LogP contribution in [0.2, 0.25) is 0 Å². The molecule has 4 rings (SSSR count). The van der Waals surface area contributed by atoms with Crippen molar-refractivity contribution in [2.24, 2.45) is 4.99 Å². The largest absolute Gasteiger partial charge is 0.303 e. The van der Waals surface area contributed by atoms with Crippen molar-refractivity contribution in [2.45, 2.75) is 25.4 Å². The molecule has 0 N–H and O–H groups in total. The molecule has 2 heterocycles. The van der Waals surface area contributed by atoms with E-state index in [2.05, 4.69) is 11.8 Å². The van der Waals surface area contributed by atoms with E-state index in [1.165, 1.54) is 29.2 Å². The van der Waals surface area contributed by atoms with Crippen LogP contribution in [0.5, 0.6) is 0 Å². The molecular weight excluding hydrogens is 392 g/mol. The molecule has 0 unspecified atom stereocenters. The average molecular weight is 413 g/mol. The summed E-state index contributed by atoms with van der Waals surface area (Å²) in [7, 11) is 0. The molecule has 29 heavy (non-hydrogen) atoms. The highest BCUT2D eigenvalue weighted by atomic mass is 32.1. The standard InChI is InChI=1S/C22H21F2N3OS/c1-2-26-13-11-22(12-14-26)25-19(15-7-9-16(23)10-8-15)21(29)27(22)20(28)17-5-3-4-6-18(17)24/h3-10H,2,11-14H2,1H3. The minimum Gasteiger partial charge on any atom is -0.303 e. The second kappa shape index (κ2) is 7.72. The lowest BCUT2D eigenvalue weighted by Crippen LogP contribution is -2.55. The summed E-state index contributed by atoms with van der Waals surface area (Å²) in [5.41, 5.74) is 0.265. The molecule has 4 nitrogen and oxygen atoms in total. The lowest BCUT2D eigenvalue weighted by atomic mass is 9.95. The number of halogens is 2. The normalized spacial score (nSPS) is 18.9. The SMILES string of the molecule is CCN1CCC2(CC1)N=C(c1ccc(F)cc1)C(=S)N2C(=O)c1ccccc1F. The van der Waals surface area contributed by atoms with Crippen LogP contribution in [0.15, 0.2) is 53.5 Å². The molecule has 1 saturated heterocycles. The zero-order chi connectivity index (χ0) is 20.6. The van der Waals surface area contributed by atoms with Crippen LogP contribution >= 0.6 is 12.2 Å². The maximum Gasteiger partial charge on any atom is 0.263 e. The van der Waals surface area contributed by atoms with Gasteiger partial charge in [0.2, 0.25) is 0 Å². The van der Waals surface area contributed by atoms with Crippen molar-refractivity contribution in [1.29, 1.82) is 0 Å². The number of hydrogen-bond acceptors (Lipinski definition) is 4. The molecule has 150 valence electrons. The Morgan fingerprint density at radius 2 is 1.76 bits per heavy atom. The third-order valence-corrected chi connectivity index (χ3v) is 6.05. The molecule has 1 fully saturated rings. The first-order chi connectivity index (χ1) is 13.9. The van der Waals surface area contributed by atoms with Gasteiger partial charge in [0.05, 0.1) is 5.56 Å². The lowest BCUT2D eigenvalue weighted by molar-refractivity contribution is 0.0540. The number of hydrogen-bond donors (Lipinski definition) is 0. The predicted molar refractivity (Wildman–Crippen MR) is 112 cm³/mol. The lowest BCUT2D eigenvalue weighted by Gasteiger charge is -2.42. The molecule has 1 amide bonds. The van der Waals surface area contributed by atoms with Crippen LogP contribution in [0.4, 0.5) is 8.78 Å². The maximum atomic E-state index is 14.4. The van der Waals surface area contributed by atoms with Crippen LogP contribution in [-0.4, -0.2) is 51.7 Å². The predicted octanol–water partition coefficient (Wildman–Crippen LogP) is 4.05. The molecule has 0 aromatic heterocycles. The third-order valence-electron chi connectivity index (χ3n) is 5.67. The van der Waals surface area contributed by atoms with E-state index >= 15 is 0 Å². The van der Waals surface area contributed by atoms with Gasteiger partial charge in [-0.05, 0) is 42.9 Å². The van der Waals surface area contributed by atoms with Crippen molar-refractivity contribution >= 4 is 28.8 Å². The molecular formula is C22H21F2N3OS. The monoisotopic (exact) mass is 413 g/mol. The second-order valence-corrected chi connectivity index (χ2v) is 7.70. The smallest absolute Gasteiger partial charge is 0.263 e. The van der Waals surface area contributed by atoms with Crippen molar-refractivity contribution < 1.29 is 13.6 Å². The number of piperidine rings is 1. The summed E-state index contributed by atoms with van der Waals surface area (Å²) in [4.78, 5) is 22.3. The maximum absolute atomic E-state index is 14.4. The van der Waals surface area contributed by atoms with Gasteiger partial charge in [-0.25, -0.2) is 8.78 Å². The van der Waals surface area contributed by atoms with Crippen molar-refractivity contribution in [3.05, 3.63) is 71.3 Å². The molecule has 0 saturated carbocycles. The minimum atomic E-state index is -0.841. The van der Waals surface area contributed by atoms with Gasteiger partial charge in [0.1, 0.15) is 28.0 Å². The molecule has 2 aromatic rings. The Morgan fingerprint density at radius 1 is 1.10 bits per heavy atom. The molecule has 0 bridgehead atoms. The Bertz CT molecular complexity index is 982. The average Bonchev–Trinajstić information content (AvgIpc) is 3.01. The Kier molecular flexibility index (Phi) is 5.27. The summed E-state index contributed by atoms with van der Waals surface area (Å²) in [5.74, 6) is -1.43. The highest BCUT2D eigenvalue weighted by Crippen LogP contribution is 2.38. The van der Waals surface area contributed by atoms with Crippen LogP contribution in [0.3, 0.4) is 0 Å². The van der Waals surface area contributed by atoms with E-state index in [-0.39, 0.29) is 16.4 Å². The van der Waals surface area contributed by atoms with Gasteiger partial charge >= 0.3 is 0 Å². The van der Waals surface area contributed by atoms with Crippen molar-refractivity contribution in [3.63, 3.8) is 0 Å². The number of benzene rings is 2. The Balaban J connectivity index is 1.77. The number of aliphatic imine (C=N–C) groups is 1. The van der Waals surface area contributed by atoms with Crippen LogP contribution in [0.1, 0.15) is 35.7 Å². The van der Waals surface area contributed by atoms with Crippen LogP contribution in [0, 0.1) is 11.6 Å².